The molecule has 1 heterocycles. The average molecular weight is 328 g/mol. The second-order valence-corrected chi connectivity index (χ2v) is 6.06. The maximum atomic E-state index is 12.1. The van der Waals surface area contributed by atoms with Crippen LogP contribution in [0, 0.1) is 6.92 Å². The molecule has 0 radical (unpaired) electrons. The van der Waals surface area contributed by atoms with Gasteiger partial charge in [-0.3, -0.25) is 4.79 Å². The van der Waals surface area contributed by atoms with Crippen molar-refractivity contribution >= 4 is 28.5 Å². The second-order valence-electron chi connectivity index (χ2n) is 5.62. The van der Waals surface area contributed by atoms with Crippen molar-refractivity contribution in [2.75, 3.05) is 0 Å². The Morgan fingerprint density at radius 1 is 1.17 bits per heavy atom. The molecular formula is C18H18ClN3O. The van der Waals surface area contributed by atoms with Gasteiger partial charge < -0.3 is 9.88 Å². The van der Waals surface area contributed by atoms with E-state index >= 15 is 0 Å². The summed E-state index contributed by atoms with van der Waals surface area (Å²) in [7, 11) is 1.99. The molecule has 0 aliphatic heterocycles. The van der Waals surface area contributed by atoms with E-state index in [9.17, 15) is 4.79 Å². The Morgan fingerprint density at radius 3 is 2.61 bits per heavy atom. The summed E-state index contributed by atoms with van der Waals surface area (Å²) in [5.41, 5.74) is 3.99. The van der Waals surface area contributed by atoms with E-state index in [0.717, 1.165) is 28.0 Å². The summed E-state index contributed by atoms with van der Waals surface area (Å²) >= 11 is 5.85. The zero-order valence-electron chi connectivity index (χ0n) is 13.1. The Kier molecular flexibility index (Phi) is 4.35. The minimum Gasteiger partial charge on any atom is -0.352 e. The number of nitrogens with one attached hydrogen (secondary N) is 1. The lowest BCUT2D eigenvalue weighted by atomic mass is 10.1. The minimum absolute atomic E-state index is 0.00745. The maximum Gasteiger partial charge on any atom is 0.224 e. The quantitative estimate of drug-likeness (QED) is 0.798. The zero-order valence-corrected chi connectivity index (χ0v) is 13.9. The average Bonchev–Trinajstić information content (AvgIpc) is 2.81. The number of rotatable bonds is 4. The van der Waals surface area contributed by atoms with Gasteiger partial charge in [-0.15, -0.1) is 0 Å². The van der Waals surface area contributed by atoms with E-state index in [1.807, 2.05) is 61.0 Å². The molecule has 0 fully saturated rings. The fourth-order valence-corrected chi connectivity index (χ4v) is 2.65. The van der Waals surface area contributed by atoms with Crippen LogP contribution in [0.4, 0.5) is 0 Å². The number of hydrogen-bond acceptors (Lipinski definition) is 2. The molecule has 1 aromatic heterocycles. The number of benzene rings is 2. The Balaban J connectivity index is 1.64. The third kappa shape index (κ3) is 3.54. The summed E-state index contributed by atoms with van der Waals surface area (Å²) in [4.78, 5) is 16.6. The first-order chi connectivity index (χ1) is 11.0. The van der Waals surface area contributed by atoms with Gasteiger partial charge in [0.1, 0.15) is 5.82 Å². The van der Waals surface area contributed by atoms with Crippen molar-refractivity contribution in [1.29, 1.82) is 0 Å². The summed E-state index contributed by atoms with van der Waals surface area (Å²) in [6, 6.07) is 13.4. The molecule has 0 aliphatic rings. The van der Waals surface area contributed by atoms with Crippen LogP contribution >= 0.6 is 11.6 Å². The molecule has 0 aliphatic carbocycles. The van der Waals surface area contributed by atoms with Crippen LogP contribution in [0.3, 0.4) is 0 Å². The van der Waals surface area contributed by atoms with Crippen LogP contribution in [-0.2, 0) is 24.8 Å². The molecule has 0 unspecified atom stereocenters. The van der Waals surface area contributed by atoms with Crippen LogP contribution in [0.15, 0.2) is 42.5 Å². The van der Waals surface area contributed by atoms with Crippen molar-refractivity contribution in [2.24, 2.45) is 7.05 Å². The third-order valence-electron chi connectivity index (χ3n) is 3.94. The number of imidazole rings is 1. The monoisotopic (exact) mass is 327 g/mol. The molecule has 1 N–H and O–H groups in total. The Bertz CT molecular complexity index is 853. The lowest BCUT2D eigenvalue weighted by Gasteiger charge is -2.06. The summed E-state index contributed by atoms with van der Waals surface area (Å²) in [6.07, 6.45) is 0.346. The molecular weight excluding hydrogens is 310 g/mol. The van der Waals surface area contributed by atoms with Gasteiger partial charge in [0, 0.05) is 18.6 Å². The van der Waals surface area contributed by atoms with E-state index in [1.54, 1.807) is 0 Å². The van der Waals surface area contributed by atoms with Crippen LogP contribution in [0.5, 0.6) is 0 Å². The second kappa shape index (κ2) is 6.42. The lowest BCUT2D eigenvalue weighted by Crippen LogP contribution is -2.24. The lowest BCUT2D eigenvalue weighted by molar-refractivity contribution is -0.120. The van der Waals surface area contributed by atoms with E-state index in [4.69, 9.17) is 11.6 Å². The van der Waals surface area contributed by atoms with Crippen molar-refractivity contribution in [3.05, 3.63) is 64.4 Å². The molecule has 2 aromatic carbocycles. The van der Waals surface area contributed by atoms with Gasteiger partial charge in [-0.25, -0.2) is 4.98 Å². The van der Waals surface area contributed by atoms with Crippen molar-refractivity contribution in [1.82, 2.24) is 14.9 Å². The van der Waals surface area contributed by atoms with E-state index < -0.39 is 0 Å². The van der Waals surface area contributed by atoms with Crippen molar-refractivity contribution in [2.45, 2.75) is 19.9 Å². The largest absolute Gasteiger partial charge is 0.352 e. The smallest absolute Gasteiger partial charge is 0.224 e. The highest BCUT2D eigenvalue weighted by atomic mass is 35.5. The van der Waals surface area contributed by atoms with Gasteiger partial charge >= 0.3 is 0 Å². The van der Waals surface area contributed by atoms with E-state index in [2.05, 4.69) is 10.3 Å². The van der Waals surface area contributed by atoms with Crippen LogP contribution < -0.4 is 5.32 Å². The van der Waals surface area contributed by atoms with E-state index in [0.29, 0.717) is 18.0 Å². The molecule has 3 aromatic rings. The van der Waals surface area contributed by atoms with Crippen LogP contribution in [0.1, 0.15) is 17.0 Å². The molecule has 3 rings (SSSR count). The normalized spacial score (nSPS) is 10.9. The minimum atomic E-state index is -0.00745. The molecule has 0 atom stereocenters. The van der Waals surface area contributed by atoms with Gasteiger partial charge in [0.05, 0.1) is 17.5 Å². The highest BCUT2D eigenvalue weighted by molar-refractivity contribution is 6.30. The molecule has 0 saturated carbocycles. The van der Waals surface area contributed by atoms with E-state index in [-0.39, 0.29) is 5.91 Å². The van der Waals surface area contributed by atoms with Gasteiger partial charge in [-0.1, -0.05) is 29.8 Å². The van der Waals surface area contributed by atoms with Gasteiger partial charge in [0.25, 0.3) is 0 Å². The number of hydrogen-bond donors (Lipinski definition) is 1. The molecule has 23 heavy (non-hydrogen) atoms. The molecule has 4 nitrogen and oxygen atoms in total. The Labute approximate surface area is 140 Å². The van der Waals surface area contributed by atoms with Crippen molar-refractivity contribution in [3.63, 3.8) is 0 Å². The fraction of sp³-hybridized carbons (Fsp3) is 0.222. The summed E-state index contributed by atoms with van der Waals surface area (Å²) < 4.78 is 2.04. The topological polar surface area (TPSA) is 46.9 Å². The van der Waals surface area contributed by atoms with Gasteiger partial charge in [-0.05, 0) is 42.3 Å². The SMILES string of the molecule is Cc1nc2cc(CC(=O)NCc3ccc(Cl)cc3)ccc2n1C. The first-order valence-electron chi connectivity index (χ1n) is 7.46. The number of aryl methyl sites for hydroxylation is 2. The number of carbonyl (C=O) groups excluding carboxylic acids is 1. The van der Waals surface area contributed by atoms with Crippen molar-refractivity contribution < 1.29 is 4.79 Å². The first kappa shape index (κ1) is 15.6. The number of halogens is 1. The Morgan fingerprint density at radius 2 is 1.87 bits per heavy atom. The highest BCUT2D eigenvalue weighted by Gasteiger charge is 2.08. The van der Waals surface area contributed by atoms with Crippen molar-refractivity contribution in [3.8, 4) is 0 Å². The predicted octanol–water partition coefficient (Wildman–Crippen LogP) is 3.39. The number of fused-ring (bicyclic) bond motifs is 1. The summed E-state index contributed by atoms with van der Waals surface area (Å²) in [5.74, 6) is 0.955. The molecule has 1 amide bonds. The Hall–Kier alpha value is -2.33. The molecule has 0 saturated heterocycles. The maximum absolute atomic E-state index is 12.1. The number of carbonyl (C=O) groups is 1. The molecule has 0 bridgehead atoms. The molecule has 0 spiro atoms. The fourth-order valence-electron chi connectivity index (χ4n) is 2.53. The number of nitrogens with zero attached hydrogens (tertiary/aromatic N) is 2. The predicted molar refractivity (Wildman–Crippen MR) is 92.5 cm³/mol. The van der Waals surface area contributed by atoms with Gasteiger partial charge in [-0.2, -0.15) is 0 Å². The first-order valence-corrected chi connectivity index (χ1v) is 7.84. The van der Waals surface area contributed by atoms with Crippen LogP contribution in [-0.4, -0.2) is 15.5 Å². The van der Waals surface area contributed by atoms with Gasteiger partial charge in [0.15, 0.2) is 0 Å². The molecule has 5 heteroatoms. The molecule has 118 valence electrons. The van der Waals surface area contributed by atoms with Crippen LogP contribution in [0.2, 0.25) is 5.02 Å². The standard InChI is InChI=1S/C18H18ClN3O/c1-12-21-16-9-14(5-8-17(16)22(12)2)10-18(23)20-11-13-3-6-15(19)7-4-13/h3-9H,10-11H2,1-2H3,(H,20,23). The highest BCUT2D eigenvalue weighted by Crippen LogP contribution is 2.16. The summed E-state index contributed by atoms with van der Waals surface area (Å²) in [5, 5.41) is 3.62. The van der Waals surface area contributed by atoms with E-state index in [1.165, 1.54) is 0 Å². The zero-order chi connectivity index (χ0) is 16.4. The van der Waals surface area contributed by atoms with Crippen LogP contribution in [0.25, 0.3) is 11.0 Å². The van der Waals surface area contributed by atoms with Gasteiger partial charge in [0.2, 0.25) is 5.91 Å². The third-order valence-corrected chi connectivity index (χ3v) is 4.19. The number of amides is 1. The summed E-state index contributed by atoms with van der Waals surface area (Å²) in [6.45, 7) is 2.47. The number of aromatic nitrogens is 2.